The predicted octanol–water partition coefficient (Wildman–Crippen LogP) is 1.98. The summed E-state index contributed by atoms with van der Waals surface area (Å²) >= 11 is 0. The Labute approximate surface area is 131 Å². The van der Waals surface area contributed by atoms with Crippen molar-refractivity contribution in [1.82, 2.24) is 9.38 Å². The SMILES string of the molecule is O=C(Nc1cnc2ccccn2c1=O)c1cccc2c1COC2. The fourth-order valence-electron chi connectivity index (χ4n) is 2.72. The highest BCUT2D eigenvalue weighted by molar-refractivity contribution is 6.05. The Balaban J connectivity index is 1.71. The number of nitrogens with one attached hydrogen (secondary N) is 1. The van der Waals surface area contributed by atoms with Gasteiger partial charge in [0, 0.05) is 11.8 Å². The van der Waals surface area contributed by atoms with Gasteiger partial charge in [-0.15, -0.1) is 0 Å². The third-order valence-corrected chi connectivity index (χ3v) is 3.88. The van der Waals surface area contributed by atoms with E-state index in [-0.39, 0.29) is 17.2 Å². The Kier molecular flexibility index (Phi) is 3.17. The van der Waals surface area contributed by atoms with Gasteiger partial charge in [0.15, 0.2) is 0 Å². The molecule has 6 nitrogen and oxygen atoms in total. The Hall–Kier alpha value is -2.99. The Morgan fingerprint density at radius 2 is 2.09 bits per heavy atom. The van der Waals surface area contributed by atoms with Crippen molar-refractivity contribution in [2.75, 3.05) is 5.32 Å². The van der Waals surface area contributed by atoms with Crippen LogP contribution in [0.1, 0.15) is 21.5 Å². The first kappa shape index (κ1) is 13.7. The van der Waals surface area contributed by atoms with Gasteiger partial charge < -0.3 is 10.1 Å². The Bertz CT molecular complexity index is 978. The molecule has 1 aliphatic heterocycles. The first-order chi connectivity index (χ1) is 11.2. The molecule has 0 saturated carbocycles. The van der Waals surface area contributed by atoms with E-state index in [0.717, 1.165) is 11.1 Å². The summed E-state index contributed by atoms with van der Waals surface area (Å²) in [4.78, 5) is 29.1. The van der Waals surface area contributed by atoms with Crippen LogP contribution in [0.3, 0.4) is 0 Å². The van der Waals surface area contributed by atoms with Gasteiger partial charge in [-0.25, -0.2) is 4.98 Å². The van der Waals surface area contributed by atoms with Crippen LogP contribution in [0.25, 0.3) is 5.65 Å². The maximum absolute atomic E-state index is 12.5. The number of fused-ring (bicyclic) bond motifs is 2. The Morgan fingerprint density at radius 3 is 3.00 bits per heavy atom. The molecule has 2 aromatic heterocycles. The molecule has 0 atom stereocenters. The second-order valence-electron chi connectivity index (χ2n) is 5.30. The van der Waals surface area contributed by atoms with Gasteiger partial charge in [-0.1, -0.05) is 18.2 Å². The van der Waals surface area contributed by atoms with Gasteiger partial charge in [0.1, 0.15) is 11.3 Å². The fourth-order valence-corrected chi connectivity index (χ4v) is 2.72. The van der Waals surface area contributed by atoms with Crippen molar-refractivity contribution in [1.29, 1.82) is 0 Å². The summed E-state index contributed by atoms with van der Waals surface area (Å²) in [5.41, 5.74) is 2.77. The van der Waals surface area contributed by atoms with E-state index < -0.39 is 0 Å². The number of amides is 1. The molecule has 1 amide bonds. The third-order valence-electron chi connectivity index (χ3n) is 3.88. The fraction of sp³-hybridized carbons (Fsp3) is 0.118. The first-order valence-electron chi connectivity index (χ1n) is 7.20. The minimum Gasteiger partial charge on any atom is -0.372 e. The summed E-state index contributed by atoms with van der Waals surface area (Å²) in [5.74, 6) is -0.331. The number of rotatable bonds is 2. The van der Waals surface area contributed by atoms with Crippen LogP contribution in [-0.4, -0.2) is 15.3 Å². The number of anilines is 1. The maximum atomic E-state index is 12.5. The molecule has 3 heterocycles. The Morgan fingerprint density at radius 1 is 1.17 bits per heavy atom. The zero-order chi connectivity index (χ0) is 15.8. The molecule has 6 heteroatoms. The van der Waals surface area contributed by atoms with Gasteiger partial charge in [-0.2, -0.15) is 0 Å². The normalized spacial score (nSPS) is 13.0. The van der Waals surface area contributed by atoms with E-state index in [1.807, 2.05) is 12.1 Å². The largest absolute Gasteiger partial charge is 0.372 e. The number of ether oxygens (including phenoxy) is 1. The van der Waals surface area contributed by atoms with Crippen molar-refractivity contribution in [2.45, 2.75) is 13.2 Å². The van der Waals surface area contributed by atoms with Crippen LogP contribution >= 0.6 is 0 Å². The first-order valence-corrected chi connectivity index (χ1v) is 7.20. The zero-order valence-electron chi connectivity index (χ0n) is 12.2. The van der Waals surface area contributed by atoms with Gasteiger partial charge in [0.2, 0.25) is 0 Å². The molecule has 0 fully saturated rings. The number of pyridine rings is 1. The number of benzene rings is 1. The van der Waals surface area contributed by atoms with Crippen molar-refractivity contribution in [3.63, 3.8) is 0 Å². The number of carbonyl (C=O) groups is 1. The highest BCUT2D eigenvalue weighted by Gasteiger charge is 2.20. The van der Waals surface area contributed by atoms with E-state index in [1.165, 1.54) is 10.6 Å². The van der Waals surface area contributed by atoms with E-state index in [0.29, 0.717) is 24.4 Å². The van der Waals surface area contributed by atoms with E-state index in [9.17, 15) is 9.59 Å². The second kappa shape index (κ2) is 5.33. The molecule has 0 bridgehead atoms. The predicted molar refractivity (Wildman–Crippen MR) is 84.4 cm³/mol. The van der Waals surface area contributed by atoms with Crippen molar-refractivity contribution in [2.24, 2.45) is 0 Å². The van der Waals surface area contributed by atoms with Crippen molar-refractivity contribution in [3.05, 3.63) is 75.8 Å². The van der Waals surface area contributed by atoms with E-state index in [4.69, 9.17) is 4.74 Å². The summed E-state index contributed by atoms with van der Waals surface area (Å²) < 4.78 is 6.78. The molecule has 1 N–H and O–H groups in total. The van der Waals surface area contributed by atoms with Crippen molar-refractivity contribution >= 4 is 17.2 Å². The molecule has 0 saturated heterocycles. The highest BCUT2D eigenvalue weighted by Crippen LogP contribution is 2.23. The smallest absolute Gasteiger partial charge is 0.281 e. The maximum Gasteiger partial charge on any atom is 0.281 e. The molecule has 1 aliphatic rings. The van der Waals surface area contributed by atoms with Gasteiger partial charge in [-0.3, -0.25) is 14.0 Å². The molecule has 4 rings (SSSR count). The summed E-state index contributed by atoms with van der Waals surface area (Å²) in [6.07, 6.45) is 3.00. The molecule has 1 aromatic carbocycles. The minimum absolute atomic E-state index is 0.148. The van der Waals surface area contributed by atoms with Crippen molar-refractivity contribution in [3.8, 4) is 0 Å². The third kappa shape index (κ3) is 2.29. The monoisotopic (exact) mass is 307 g/mol. The van der Waals surface area contributed by atoms with Crippen LogP contribution in [0, 0.1) is 0 Å². The molecule has 0 radical (unpaired) electrons. The van der Waals surface area contributed by atoms with Crippen LogP contribution < -0.4 is 10.9 Å². The summed E-state index contributed by atoms with van der Waals surface area (Å²) in [6.45, 7) is 0.921. The molecule has 23 heavy (non-hydrogen) atoms. The van der Waals surface area contributed by atoms with Crippen LogP contribution in [0.2, 0.25) is 0 Å². The summed E-state index contributed by atoms with van der Waals surface area (Å²) in [6, 6.07) is 10.7. The molecule has 3 aromatic rings. The lowest BCUT2D eigenvalue weighted by atomic mass is 10.0. The van der Waals surface area contributed by atoms with Crippen LogP contribution in [-0.2, 0) is 18.0 Å². The summed E-state index contributed by atoms with van der Waals surface area (Å²) in [5, 5.41) is 2.66. The highest BCUT2D eigenvalue weighted by atomic mass is 16.5. The number of hydrogen-bond acceptors (Lipinski definition) is 4. The van der Waals surface area contributed by atoms with Crippen molar-refractivity contribution < 1.29 is 9.53 Å². The minimum atomic E-state index is -0.331. The lowest BCUT2D eigenvalue weighted by molar-refractivity contribution is 0.102. The molecular formula is C17H13N3O3. The van der Waals surface area contributed by atoms with Gasteiger partial charge >= 0.3 is 0 Å². The van der Waals surface area contributed by atoms with Crippen LogP contribution in [0.5, 0.6) is 0 Å². The number of hydrogen-bond donors (Lipinski definition) is 1. The van der Waals surface area contributed by atoms with E-state index in [1.54, 1.807) is 30.5 Å². The lowest BCUT2D eigenvalue weighted by Gasteiger charge is -2.09. The molecule has 0 spiro atoms. The number of aromatic nitrogens is 2. The van der Waals surface area contributed by atoms with Gasteiger partial charge in [0.05, 0.1) is 19.4 Å². The van der Waals surface area contributed by atoms with Gasteiger partial charge in [0.25, 0.3) is 11.5 Å². The van der Waals surface area contributed by atoms with E-state index >= 15 is 0 Å². The quantitative estimate of drug-likeness (QED) is 0.785. The van der Waals surface area contributed by atoms with Crippen LogP contribution in [0.15, 0.2) is 53.6 Å². The van der Waals surface area contributed by atoms with Crippen LogP contribution in [0.4, 0.5) is 5.69 Å². The average Bonchev–Trinajstić information content (AvgIpc) is 3.06. The molecular weight excluding hydrogens is 294 g/mol. The second-order valence-corrected chi connectivity index (χ2v) is 5.30. The summed E-state index contributed by atoms with van der Waals surface area (Å²) in [7, 11) is 0. The molecule has 114 valence electrons. The molecule has 0 unspecified atom stereocenters. The lowest BCUT2D eigenvalue weighted by Crippen LogP contribution is -2.23. The van der Waals surface area contributed by atoms with E-state index in [2.05, 4.69) is 10.3 Å². The standard InChI is InChI=1S/C17H13N3O3/c21-16(12-5-3-4-11-9-23-10-13(11)12)19-14-8-18-15-6-1-2-7-20(15)17(14)22/h1-8H,9-10H2,(H,19,21). The number of nitrogens with zero attached hydrogens (tertiary/aromatic N) is 2. The number of carbonyl (C=O) groups excluding carboxylic acids is 1. The average molecular weight is 307 g/mol. The molecule has 0 aliphatic carbocycles. The topological polar surface area (TPSA) is 72.7 Å². The zero-order valence-corrected chi connectivity index (χ0v) is 12.2. The van der Waals surface area contributed by atoms with Gasteiger partial charge in [-0.05, 0) is 29.3 Å².